The molecule has 0 aromatic rings. The number of hydrogen-bond acceptors (Lipinski definition) is 3. The van der Waals surface area contributed by atoms with Crippen LogP contribution in [-0.2, 0) is 9.53 Å². The molecule has 1 aliphatic carbocycles. The average molecular weight is 307 g/mol. The predicted octanol–water partition coefficient (Wildman–Crippen LogP) is 2.64. The van der Waals surface area contributed by atoms with Crippen LogP contribution in [0.4, 0.5) is 0 Å². The van der Waals surface area contributed by atoms with Gasteiger partial charge in [0, 0.05) is 13.2 Å². The van der Waals surface area contributed by atoms with Crippen molar-refractivity contribution in [1.29, 1.82) is 0 Å². The molecule has 1 aliphatic rings. The standard InChI is InChI=1S/C15H30N2O2.ClH/c1-15(2,3)13(16)14(18)17-10-7-11-19-12-8-5-4-6-9-12;/h12-13H,4-11,16H2,1-3H3,(H,17,18);1H/t13-;/m1./s1. The van der Waals surface area contributed by atoms with Crippen molar-refractivity contribution in [3.05, 3.63) is 0 Å². The summed E-state index contributed by atoms with van der Waals surface area (Å²) in [5.41, 5.74) is 5.69. The van der Waals surface area contributed by atoms with Gasteiger partial charge >= 0.3 is 0 Å². The van der Waals surface area contributed by atoms with E-state index in [-0.39, 0.29) is 23.7 Å². The van der Waals surface area contributed by atoms with Crippen LogP contribution >= 0.6 is 12.4 Å². The summed E-state index contributed by atoms with van der Waals surface area (Å²) < 4.78 is 5.81. The summed E-state index contributed by atoms with van der Waals surface area (Å²) in [6.07, 6.45) is 7.63. The summed E-state index contributed by atoms with van der Waals surface area (Å²) in [5.74, 6) is -0.0647. The molecule has 1 saturated carbocycles. The number of amides is 1. The lowest BCUT2D eigenvalue weighted by Gasteiger charge is -2.26. The Morgan fingerprint density at radius 2 is 1.90 bits per heavy atom. The van der Waals surface area contributed by atoms with E-state index in [1.807, 2.05) is 20.8 Å². The van der Waals surface area contributed by atoms with Crippen molar-refractivity contribution in [2.45, 2.75) is 71.4 Å². The van der Waals surface area contributed by atoms with Crippen molar-refractivity contribution in [2.75, 3.05) is 13.2 Å². The Kier molecular flexibility index (Phi) is 9.43. The summed E-state index contributed by atoms with van der Waals surface area (Å²) in [5, 5.41) is 2.88. The third kappa shape index (κ3) is 7.46. The lowest BCUT2D eigenvalue weighted by atomic mass is 9.87. The van der Waals surface area contributed by atoms with Gasteiger partial charge in [-0.15, -0.1) is 12.4 Å². The fraction of sp³-hybridized carbons (Fsp3) is 0.933. The molecule has 0 spiro atoms. The monoisotopic (exact) mass is 306 g/mol. The van der Waals surface area contributed by atoms with E-state index in [9.17, 15) is 4.79 Å². The van der Waals surface area contributed by atoms with Gasteiger partial charge in [0.05, 0.1) is 12.1 Å². The molecule has 1 atom stereocenters. The Balaban J connectivity index is 0.00000361. The molecular formula is C15H31ClN2O2. The van der Waals surface area contributed by atoms with E-state index in [1.54, 1.807) is 0 Å². The Morgan fingerprint density at radius 3 is 2.45 bits per heavy atom. The molecule has 4 nitrogen and oxygen atoms in total. The lowest BCUT2D eigenvalue weighted by Crippen LogP contribution is -2.48. The summed E-state index contributed by atoms with van der Waals surface area (Å²) in [6.45, 7) is 7.31. The van der Waals surface area contributed by atoms with Crippen LogP contribution < -0.4 is 11.1 Å². The van der Waals surface area contributed by atoms with Crippen molar-refractivity contribution < 1.29 is 9.53 Å². The number of ether oxygens (including phenoxy) is 1. The minimum absolute atomic E-state index is 0. The Labute approximate surface area is 129 Å². The molecule has 5 heteroatoms. The molecule has 1 amide bonds. The Hall–Kier alpha value is -0.320. The molecule has 0 unspecified atom stereocenters. The number of hydrogen-bond donors (Lipinski definition) is 2. The quantitative estimate of drug-likeness (QED) is 0.742. The maximum absolute atomic E-state index is 11.8. The zero-order valence-corrected chi connectivity index (χ0v) is 13.9. The smallest absolute Gasteiger partial charge is 0.237 e. The zero-order chi connectivity index (χ0) is 14.3. The van der Waals surface area contributed by atoms with Gasteiger partial charge in [0.2, 0.25) is 5.91 Å². The zero-order valence-electron chi connectivity index (χ0n) is 13.1. The molecule has 0 aromatic carbocycles. The van der Waals surface area contributed by atoms with Gasteiger partial charge in [-0.1, -0.05) is 40.0 Å². The van der Waals surface area contributed by atoms with Gasteiger partial charge in [-0.2, -0.15) is 0 Å². The topological polar surface area (TPSA) is 64.4 Å². The van der Waals surface area contributed by atoms with E-state index in [4.69, 9.17) is 10.5 Å². The Bertz CT molecular complexity index is 274. The maximum atomic E-state index is 11.8. The molecule has 3 N–H and O–H groups in total. The molecule has 0 bridgehead atoms. The number of halogens is 1. The molecule has 0 aliphatic heterocycles. The first-order chi connectivity index (χ1) is 8.91. The van der Waals surface area contributed by atoms with E-state index < -0.39 is 6.04 Å². The lowest BCUT2D eigenvalue weighted by molar-refractivity contribution is -0.124. The molecule has 1 fully saturated rings. The van der Waals surface area contributed by atoms with E-state index in [2.05, 4.69) is 5.32 Å². The van der Waals surface area contributed by atoms with Crippen LogP contribution in [0.25, 0.3) is 0 Å². The van der Waals surface area contributed by atoms with Gasteiger partial charge in [-0.25, -0.2) is 0 Å². The second-order valence-corrected chi connectivity index (χ2v) is 6.62. The minimum Gasteiger partial charge on any atom is -0.378 e. The maximum Gasteiger partial charge on any atom is 0.237 e. The first kappa shape index (κ1) is 19.7. The molecule has 0 saturated heterocycles. The molecule has 20 heavy (non-hydrogen) atoms. The largest absolute Gasteiger partial charge is 0.378 e. The first-order valence-electron chi connectivity index (χ1n) is 7.56. The summed E-state index contributed by atoms with van der Waals surface area (Å²) in [7, 11) is 0. The predicted molar refractivity (Wildman–Crippen MR) is 85.1 cm³/mol. The SMILES string of the molecule is CC(C)(C)[C@H](N)C(=O)NCCCOC1CCCCC1.Cl. The number of nitrogens with one attached hydrogen (secondary N) is 1. The van der Waals surface area contributed by atoms with Gasteiger partial charge < -0.3 is 15.8 Å². The molecule has 1 rings (SSSR count). The van der Waals surface area contributed by atoms with Crippen LogP contribution in [0.5, 0.6) is 0 Å². The van der Waals surface area contributed by atoms with Crippen molar-refractivity contribution in [3.63, 3.8) is 0 Å². The number of carbonyl (C=O) groups is 1. The molecular weight excluding hydrogens is 276 g/mol. The fourth-order valence-corrected chi connectivity index (χ4v) is 2.27. The summed E-state index contributed by atoms with van der Waals surface area (Å²) in [6, 6.07) is -0.452. The number of nitrogens with two attached hydrogens (primary N) is 1. The van der Waals surface area contributed by atoms with Crippen LogP contribution in [0.15, 0.2) is 0 Å². The fourth-order valence-electron chi connectivity index (χ4n) is 2.27. The highest BCUT2D eigenvalue weighted by molar-refractivity contribution is 5.85. The first-order valence-corrected chi connectivity index (χ1v) is 7.56. The van der Waals surface area contributed by atoms with Gasteiger partial charge in [0.25, 0.3) is 0 Å². The van der Waals surface area contributed by atoms with Gasteiger partial charge in [-0.05, 0) is 24.7 Å². The van der Waals surface area contributed by atoms with Crippen LogP contribution in [0.1, 0.15) is 59.3 Å². The average Bonchev–Trinajstić information content (AvgIpc) is 2.37. The van der Waals surface area contributed by atoms with Crippen LogP contribution in [0, 0.1) is 5.41 Å². The highest BCUT2D eigenvalue weighted by Crippen LogP contribution is 2.20. The van der Waals surface area contributed by atoms with Crippen molar-refractivity contribution in [3.8, 4) is 0 Å². The molecule has 0 aromatic heterocycles. The van der Waals surface area contributed by atoms with E-state index in [0.29, 0.717) is 12.6 Å². The Morgan fingerprint density at radius 1 is 1.30 bits per heavy atom. The normalized spacial score (nSPS) is 18.2. The van der Waals surface area contributed by atoms with Crippen LogP contribution in [-0.4, -0.2) is 31.2 Å². The third-order valence-corrected chi connectivity index (χ3v) is 3.74. The van der Waals surface area contributed by atoms with Crippen LogP contribution in [0.2, 0.25) is 0 Å². The van der Waals surface area contributed by atoms with Gasteiger partial charge in [0.15, 0.2) is 0 Å². The van der Waals surface area contributed by atoms with Gasteiger partial charge in [-0.3, -0.25) is 4.79 Å². The van der Waals surface area contributed by atoms with E-state index in [1.165, 1.54) is 32.1 Å². The van der Waals surface area contributed by atoms with E-state index >= 15 is 0 Å². The summed E-state index contributed by atoms with van der Waals surface area (Å²) >= 11 is 0. The van der Waals surface area contributed by atoms with Crippen LogP contribution in [0.3, 0.4) is 0 Å². The molecule has 120 valence electrons. The van der Waals surface area contributed by atoms with Crippen molar-refractivity contribution >= 4 is 18.3 Å². The number of carbonyl (C=O) groups excluding carboxylic acids is 1. The third-order valence-electron chi connectivity index (χ3n) is 3.74. The second kappa shape index (κ2) is 9.59. The molecule has 0 radical (unpaired) electrons. The highest BCUT2D eigenvalue weighted by atomic mass is 35.5. The van der Waals surface area contributed by atoms with Crippen molar-refractivity contribution in [2.24, 2.45) is 11.1 Å². The summed E-state index contributed by atoms with van der Waals surface area (Å²) in [4.78, 5) is 11.8. The van der Waals surface area contributed by atoms with E-state index in [0.717, 1.165) is 13.0 Å². The second-order valence-electron chi connectivity index (χ2n) is 6.62. The highest BCUT2D eigenvalue weighted by Gasteiger charge is 2.26. The van der Waals surface area contributed by atoms with Crippen molar-refractivity contribution in [1.82, 2.24) is 5.32 Å². The van der Waals surface area contributed by atoms with Gasteiger partial charge in [0.1, 0.15) is 0 Å². The number of rotatable bonds is 6. The minimum atomic E-state index is -0.452. The molecule has 0 heterocycles.